The minimum atomic E-state index is -0.784. The Kier molecular flexibility index (Phi) is 5.48. The Bertz CT molecular complexity index is 899. The molecule has 134 valence electrons. The van der Waals surface area contributed by atoms with Crippen LogP contribution in [0.2, 0.25) is 5.02 Å². The van der Waals surface area contributed by atoms with Gasteiger partial charge in [-0.3, -0.25) is 10.1 Å². The molecule has 1 heterocycles. The first-order chi connectivity index (χ1) is 12.5. The molecule has 0 saturated carbocycles. The molecule has 0 radical (unpaired) electrons. The van der Waals surface area contributed by atoms with Gasteiger partial charge < -0.3 is 9.26 Å². The highest BCUT2D eigenvalue weighted by molar-refractivity contribution is 6.30. The van der Waals surface area contributed by atoms with Gasteiger partial charge in [-0.15, -0.1) is 0 Å². The molecule has 1 atom stereocenters. The van der Waals surface area contributed by atoms with Crippen molar-refractivity contribution in [1.29, 1.82) is 0 Å². The van der Waals surface area contributed by atoms with Gasteiger partial charge in [-0.1, -0.05) is 24.6 Å². The van der Waals surface area contributed by atoms with Gasteiger partial charge in [0.25, 0.3) is 17.7 Å². The first kappa shape index (κ1) is 17.9. The first-order valence-electron chi connectivity index (χ1n) is 7.88. The summed E-state index contributed by atoms with van der Waals surface area (Å²) in [5.74, 6) is -0.173. The summed E-state index contributed by atoms with van der Waals surface area (Å²) in [6, 6.07) is 12.3. The van der Waals surface area contributed by atoms with Gasteiger partial charge in [0.15, 0.2) is 6.10 Å². The third kappa shape index (κ3) is 4.37. The summed E-state index contributed by atoms with van der Waals surface area (Å²) in [6.45, 7) is 1.79. The number of halogens is 2. The normalized spacial score (nSPS) is 11.8. The summed E-state index contributed by atoms with van der Waals surface area (Å²) in [4.78, 5) is 16.5. The maximum absolute atomic E-state index is 12.9. The Labute approximate surface area is 153 Å². The quantitative estimate of drug-likeness (QED) is 0.694. The van der Waals surface area contributed by atoms with Crippen molar-refractivity contribution in [3.63, 3.8) is 0 Å². The van der Waals surface area contributed by atoms with E-state index in [-0.39, 0.29) is 17.7 Å². The number of nitrogens with zero attached hydrogens (tertiary/aromatic N) is 2. The van der Waals surface area contributed by atoms with Crippen LogP contribution in [0.4, 0.5) is 10.3 Å². The Hall–Kier alpha value is -2.93. The second-order valence-electron chi connectivity index (χ2n) is 5.39. The molecule has 0 fully saturated rings. The largest absolute Gasteiger partial charge is 0.481 e. The fraction of sp³-hybridized carbons (Fsp3) is 0.167. The molecule has 0 spiro atoms. The minimum absolute atomic E-state index is 0.0196. The zero-order chi connectivity index (χ0) is 18.5. The molecule has 0 saturated heterocycles. The molecule has 0 aliphatic rings. The second-order valence-corrected chi connectivity index (χ2v) is 5.83. The van der Waals surface area contributed by atoms with Crippen molar-refractivity contribution >= 4 is 23.5 Å². The molecule has 6 nitrogen and oxygen atoms in total. The highest BCUT2D eigenvalue weighted by Gasteiger charge is 2.21. The van der Waals surface area contributed by atoms with Gasteiger partial charge in [0.1, 0.15) is 11.6 Å². The zero-order valence-corrected chi connectivity index (χ0v) is 14.5. The number of carbonyl (C=O) groups excluding carboxylic acids is 1. The summed E-state index contributed by atoms with van der Waals surface area (Å²) in [7, 11) is 0. The molecule has 0 bridgehead atoms. The molecule has 1 amide bonds. The third-order valence-corrected chi connectivity index (χ3v) is 3.72. The van der Waals surface area contributed by atoms with Crippen molar-refractivity contribution in [3.8, 4) is 17.2 Å². The number of carbonyl (C=O) groups is 1. The topological polar surface area (TPSA) is 77.2 Å². The molecule has 1 N–H and O–H groups in total. The fourth-order valence-electron chi connectivity index (χ4n) is 2.20. The Morgan fingerprint density at radius 2 is 2.08 bits per heavy atom. The van der Waals surface area contributed by atoms with E-state index in [2.05, 4.69) is 15.5 Å². The van der Waals surface area contributed by atoms with Gasteiger partial charge in [-0.05, 0) is 54.0 Å². The average molecular weight is 376 g/mol. The van der Waals surface area contributed by atoms with Crippen molar-refractivity contribution in [1.82, 2.24) is 10.1 Å². The van der Waals surface area contributed by atoms with Crippen LogP contribution in [-0.2, 0) is 4.79 Å². The van der Waals surface area contributed by atoms with E-state index >= 15 is 0 Å². The van der Waals surface area contributed by atoms with E-state index in [1.54, 1.807) is 31.2 Å². The summed E-state index contributed by atoms with van der Waals surface area (Å²) in [5.41, 5.74) is 0.639. The van der Waals surface area contributed by atoms with Crippen LogP contribution in [0, 0.1) is 5.82 Å². The zero-order valence-electron chi connectivity index (χ0n) is 13.8. The van der Waals surface area contributed by atoms with Crippen LogP contribution in [-0.4, -0.2) is 22.2 Å². The molecular weight excluding hydrogens is 361 g/mol. The number of benzene rings is 2. The third-order valence-electron chi connectivity index (χ3n) is 3.49. The Morgan fingerprint density at radius 3 is 2.77 bits per heavy atom. The molecular formula is C18H15ClFN3O3. The van der Waals surface area contributed by atoms with Crippen molar-refractivity contribution in [2.24, 2.45) is 0 Å². The number of aromatic nitrogens is 2. The lowest BCUT2D eigenvalue weighted by Crippen LogP contribution is -2.32. The molecule has 8 heteroatoms. The summed E-state index contributed by atoms with van der Waals surface area (Å²) < 4.78 is 23.7. The lowest BCUT2D eigenvalue weighted by atomic mass is 10.2. The van der Waals surface area contributed by atoms with E-state index in [4.69, 9.17) is 20.9 Å². The second kappa shape index (κ2) is 7.97. The van der Waals surface area contributed by atoms with E-state index in [0.717, 1.165) is 0 Å². The standard InChI is InChI=1S/C18H15ClFN3O3/c1-2-15(25-14-8-6-13(20)7-9-14)16(24)21-18-22-17(26-23-18)11-4-3-5-12(19)10-11/h3-10,15H,2H2,1H3,(H,21,23,24)/t15-/m1/s1. The smallest absolute Gasteiger partial charge is 0.270 e. The molecule has 0 aliphatic heterocycles. The van der Waals surface area contributed by atoms with E-state index in [0.29, 0.717) is 22.8 Å². The number of rotatable bonds is 6. The highest BCUT2D eigenvalue weighted by Crippen LogP contribution is 2.22. The number of amides is 1. The lowest BCUT2D eigenvalue weighted by Gasteiger charge is -2.15. The number of anilines is 1. The number of nitrogens with one attached hydrogen (secondary N) is 1. The van der Waals surface area contributed by atoms with E-state index in [9.17, 15) is 9.18 Å². The molecule has 3 rings (SSSR count). The Balaban J connectivity index is 1.67. The molecule has 1 aromatic heterocycles. The predicted octanol–water partition coefficient (Wildman–Crippen LogP) is 4.33. The van der Waals surface area contributed by atoms with Crippen LogP contribution in [0.1, 0.15) is 13.3 Å². The SMILES string of the molecule is CC[C@@H](Oc1ccc(F)cc1)C(=O)Nc1noc(-c2cccc(Cl)c2)n1. The van der Waals surface area contributed by atoms with E-state index in [1.165, 1.54) is 24.3 Å². The Morgan fingerprint density at radius 1 is 1.31 bits per heavy atom. The average Bonchev–Trinajstić information content (AvgIpc) is 3.09. The van der Waals surface area contributed by atoms with Gasteiger partial charge >= 0.3 is 0 Å². The summed E-state index contributed by atoms with van der Waals surface area (Å²) in [6.07, 6.45) is -0.379. The first-order valence-corrected chi connectivity index (χ1v) is 8.25. The number of hydrogen-bond donors (Lipinski definition) is 1. The van der Waals surface area contributed by atoms with Crippen LogP contribution >= 0.6 is 11.6 Å². The van der Waals surface area contributed by atoms with Gasteiger partial charge in [0.05, 0.1) is 0 Å². The van der Waals surface area contributed by atoms with Crippen molar-refractivity contribution in [3.05, 3.63) is 59.4 Å². The maximum atomic E-state index is 12.9. The van der Waals surface area contributed by atoms with Crippen molar-refractivity contribution in [2.45, 2.75) is 19.4 Å². The van der Waals surface area contributed by atoms with Crippen LogP contribution in [0.5, 0.6) is 5.75 Å². The minimum Gasteiger partial charge on any atom is -0.481 e. The monoisotopic (exact) mass is 375 g/mol. The van der Waals surface area contributed by atoms with E-state index < -0.39 is 12.0 Å². The molecule has 3 aromatic rings. The van der Waals surface area contributed by atoms with Crippen LogP contribution in [0.3, 0.4) is 0 Å². The van der Waals surface area contributed by atoms with Gasteiger partial charge in [-0.25, -0.2) is 4.39 Å². The lowest BCUT2D eigenvalue weighted by molar-refractivity contribution is -0.122. The summed E-state index contributed by atoms with van der Waals surface area (Å²) in [5, 5.41) is 6.81. The van der Waals surface area contributed by atoms with Crippen LogP contribution < -0.4 is 10.1 Å². The van der Waals surface area contributed by atoms with Gasteiger partial charge in [0, 0.05) is 10.6 Å². The van der Waals surface area contributed by atoms with Crippen LogP contribution in [0.25, 0.3) is 11.5 Å². The van der Waals surface area contributed by atoms with Crippen molar-refractivity contribution < 1.29 is 18.4 Å². The molecule has 0 unspecified atom stereocenters. The highest BCUT2D eigenvalue weighted by atomic mass is 35.5. The number of hydrogen-bond acceptors (Lipinski definition) is 5. The molecule has 26 heavy (non-hydrogen) atoms. The van der Waals surface area contributed by atoms with Gasteiger partial charge in [-0.2, -0.15) is 4.98 Å². The molecule has 0 aliphatic carbocycles. The predicted molar refractivity (Wildman–Crippen MR) is 94.5 cm³/mol. The van der Waals surface area contributed by atoms with Crippen LogP contribution in [0.15, 0.2) is 53.1 Å². The fourth-order valence-corrected chi connectivity index (χ4v) is 2.39. The number of ether oxygens (including phenoxy) is 1. The van der Waals surface area contributed by atoms with Crippen molar-refractivity contribution in [2.75, 3.05) is 5.32 Å². The molecule has 2 aromatic carbocycles. The van der Waals surface area contributed by atoms with Gasteiger partial charge in [0.2, 0.25) is 0 Å². The maximum Gasteiger partial charge on any atom is 0.270 e. The van der Waals surface area contributed by atoms with E-state index in [1.807, 2.05) is 0 Å². The summed E-state index contributed by atoms with van der Waals surface area (Å²) >= 11 is 5.93.